The van der Waals surface area contributed by atoms with E-state index in [2.05, 4.69) is 4.74 Å². The molecule has 0 heterocycles. The molecule has 0 bridgehead atoms. The first-order chi connectivity index (χ1) is 23.1. The normalized spacial score (nSPS) is 11.8. The lowest BCUT2D eigenvalue weighted by Crippen LogP contribution is -2.19. The van der Waals surface area contributed by atoms with E-state index in [4.69, 9.17) is 25.7 Å². The second kappa shape index (κ2) is 20.3. The molecular weight excluding hydrogens is 629 g/mol. The van der Waals surface area contributed by atoms with E-state index in [9.17, 15) is 27.6 Å². The van der Waals surface area contributed by atoms with Gasteiger partial charge in [0.25, 0.3) is 6.36 Å². The molecule has 1 unspecified atom stereocenters. The van der Waals surface area contributed by atoms with Crippen LogP contribution in [0.3, 0.4) is 0 Å². The Morgan fingerprint density at radius 2 is 1.15 bits per heavy atom. The highest BCUT2D eigenvalue weighted by molar-refractivity contribution is 5.92. The Morgan fingerprint density at radius 3 is 1.71 bits per heavy atom. The largest absolute Gasteiger partial charge is 0.463 e. The summed E-state index contributed by atoms with van der Waals surface area (Å²) in [5.74, 6) is -1.46. The summed E-state index contributed by atoms with van der Waals surface area (Å²) in [6, 6.07) is 16.0. The molecule has 9 nitrogen and oxygen atoms in total. The smallest absolute Gasteiger partial charge is 0.343 e. The fourth-order valence-corrected chi connectivity index (χ4v) is 4.53. The summed E-state index contributed by atoms with van der Waals surface area (Å²) in [5, 5.41) is 0. The molecule has 4 N–H and O–H groups in total. The maximum absolute atomic E-state index is 13.0. The van der Waals surface area contributed by atoms with E-state index in [1.54, 1.807) is 48.5 Å². The zero-order valence-corrected chi connectivity index (χ0v) is 26.6. The number of carbonyl (C=O) groups excluding carboxylic acids is 3. The van der Waals surface area contributed by atoms with Crippen LogP contribution >= 0.6 is 0 Å². The van der Waals surface area contributed by atoms with Gasteiger partial charge in [0.2, 0.25) is 0 Å². The lowest BCUT2D eigenvalue weighted by molar-refractivity contribution is -0.137. The molecule has 0 aliphatic carbocycles. The number of rotatable bonds is 20. The molecule has 1 atom stereocenters. The molecule has 3 aromatic carbocycles. The average molecular weight is 671 g/mol. The number of alkyl halides is 3. The number of carbonyl (C=O) groups is 3. The Bertz CT molecular complexity index is 1460. The van der Waals surface area contributed by atoms with Crippen LogP contribution in [0.4, 0.5) is 24.5 Å². The molecule has 0 aliphatic heterocycles. The van der Waals surface area contributed by atoms with E-state index in [1.807, 2.05) is 0 Å². The van der Waals surface area contributed by atoms with E-state index < -0.39 is 30.7 Å². The fourth-order valence-electron chi connectivity index (χ4n) is 4.53. The first-order valence-electron chi connectivity index (χ1n) is 15.8. The van der Waals surface area contributed by atoms with E-state index in [0.717, 1.165) is 57.8 Å². The summed E-state index contributed by atoms with van der Waals surface area (Å²) in [7, 11) is 0. The molecule has 0 aliphatic rings. The SMILES string of the molecule is Nc1cc(N)cc(C(=O)OCCCCCCCCCCCOC(=O)/C=C/c2ccc(OC(=O)c3ccc(OC(F)C(F)F)cc3)cc2)c1. The average Bonchev–Trinajstić information content (AvgIpc) is 3.06. The highest BCUT2D eigenvalue weighted by Gasteiger charge is 2.21. The topological polar surface area (TPSA) is 140 Å². The van der Waals surface area contributed by atoms with Gasteiger partial charge in [0.1, 0.15) is 11.5 Å². The summed E-state index contributed by atoms with van der Waals surface area (Å²) in [4.78, 5) is 36.4. The quantitative estimate of drug-likeness (QED) is 0.0403. The number of anilines is 2. The molecule has 0 spiro atoms. The summed E-state index contributed by atoms with van der Waals surface area (Å²) in [6.45, 7) is 0.703. The molecule has 0 saturated heterocycles. The van der Waals surface area contributed by atoms with Gasteiger partial charge in [-0.25, -0.2) is 23.2 Å². The van der Waals surface area contributed by atoms with Crippen molar-refractivity contribution >= 4 is 35.4 Å². The van der Waals surface area contributed by atoms with Crippen LogP contribution in [0.2, 0.25) is 0 Å². The predicted molar refractivity (Wildman–Crippen MR) is 176 cm³/mol. The van der Waals surface area contributed by atoms with Crippen LogP contribution < -0.4 is 20.9 Å². The summed E-state index contributed by atoms with van der Waals surface area (Å²) < 4.78 is 57.8. The third-order valence-electron chi connectivity index (χ3n) is 7.02. The minimum absolute atomic E-state index is 0.119. The molecule has 0 fully saturated rings. The zero-order valence-electron chi connectivity index (χ0n) is 26.6. The Labute approximate surface area is 278 Å². The van der Waals surface area contributed by atoms with Gasteiger partial charge < -0.3 is 30.4 Å². The van der Waals surface area contributed by atoms with Crippen molar-refractivity contribution in [3.63, 3.8) is 0 Å². The van der Waals surface area contributed by atoms with Gasteiger partial charge in [-0.2, -0.15) is 4.39 Å². The molecule has 12 heteroatoms. The van der Waals surface area contributed by atoms with Crippen LogP contribution in [-0.4, -0.2) is 43.9 Å². The number of hydrogen-bond donors (Lipinski definition) is 2. The maximum atomic E-state index is 13.0. The third-order valence-corrected chi connectivity index (χ3v) is 7.02. The number of hydrogen-bond acceptors (Lipinski definition) is 9. The molecule has 48 heavy (non-hydrogen) atoms. The number of esters is 3. The molecular formula is C36H41F3N2O7. The van der Waals surface area contributed by atoms with Crippen molar-refractivity contribution < 1.29 is 46.5 Å². The molecule has 0 amide bonds. The Kier molecular flexibility index (Phi) is 15.8. The van der Waals surface area contributed by atoms with Gasteiger partial charge in [-0.15, -0.1) is 0 Å². The first kappa shape index (κ1) is 37.5. The van der Waals surface area contributed by atoms with Crippen LogP contribution in [0.25, 0.3) is 6.08 Å². The maximum Gasteiger partial charge on any atom is 0.343 e. The number of benzene rings is 3. The van der Waals surface area contributed by atoms with Crippen molar-refractivity contribution in [3.05, 3.63) is 89.5 Å². The van der Waals surface area contributed by atoms with E-state index in [1.165, 1.54) is 30.3 Å². The van der Waals surface area contributed by atoms with Crippen LogP contribution in [0.1, 0.15) is 84.1 Å². The lowest BCUT2D eigenvalue weighted by Gasteiger charge is -2.10. The van der Waals surface area contributed by atoms with Crippen molar-refractivity contribution in [3.8, 4) is 11.5 Å². The molecule has 258 valence electrons. The number of unbranched alkanes of at least 4 members (excludes halogenated alkanes) is 8. The monoisotopic (exact) mass is 670 g/mol. The molecule has 3 aromatic rings. The van der Waals surface area contributed by atoms with Crippen molar-refractivity contribution in [2.24, 2.45) is 0 Å². The van der Waals surface area contributed by atoms with Gasteiger partial charge in [0.15, 0.2) is 0 Å². The summed E-state index contributed by atoms with van der Waals surface area (Å²) in [5.41, 5.74) is 13.4. The van der Waals surface area contributed by atoms with Crippen molar-refractivity contribution in [2.45, 2.75) is 70.6 Å². The fraction of sp³-hybridized carbons (Fsp3) is 0.361. The second-order valence-electron chi connectivity index (χ2n) is 11.0. The third kappa shape index (κ3) is 14.2. The van der Waals surface area contributed by atoms with Gasteiger partial charge in [-0.1, -0.05) is 57.1 Å². The van der Waals surface area contributed by atoms with Gasteiger partial charge in [0, 0.05) is 17.5 Å². The Hall–Kier alpha value is -5.00. The summed E-state index contributed by atoms with van der Waals surface area (Å²) in [6.07, 6.45) is 5.90. The number of halogens is 3. The van der Waals surface area contributed by atoms with Crippen molar-refractivity contribution in [1.82, 2.24) is 0 Å². The lowest BCUT2D eigenvalue weighted by atomic mass is 10.1. The number of nitrogens with two attached hydrogens (primary N) is 2. The standard InChI is InChI=1S/C36H41F3N2O7/c37-33(38)34(39)47-30-17-13-26(14-18-30)36(44)48-31-15-10-25(11-16-31)12-19-32(42)45-20-8-6-4-2-1-3-5-7-9-21-46-35(43)27-22-28(40)24-29(41)23-27/h10-19,22-24,33-34H,1-9,20-21,40-41H2/b19-12+. The van der Waals surface area contributed by atoms with Gasteiger partial charge >= 0.3 is 24.3 Å². The number of ether oxygens (including phenoxy) is 4. The molecule has 0 radical (unpaired) electrons. The highest BCUT2D eigenvalue weighted by atomic mass is 19.3. The number of nitrogen functional groups attached to an aromatic ring is 2. The van der Waals surface area contributed by atoms with Crippen LogP contribution in [0, 0.1) is 0 Å². The second-order valence-corrected chi connectivity index (χ2v) is 11.0. The Balaban J connectivity index is 1.19. The molecule has 0 saturated carbocycles. The van der Waals surface area contributed by atoms with Crippen LogP contribution in [-0.2, 0) is 14.3 Å². The van der Waals surface area contributed by atoms with Crippen molar-refractivity contribution in [1.29, 1.82) is 0 Å². The van der Waals surface area contributed by atoms with Crippen molar-refractivity contribution in [2.75, 3.05) is 24.7 Å². The Morgan fingerprint density at radius 1 is 0.625 bits per heavy atom. The van der Waals surface area contributed by atoms with Crippen LogP contribution in [0.15, 0.2) is 72.8 Å². The van der Waals surface area contributed by atoms with Gasteiger partial charge in [-0.3, -0.25) is 0 Å². The van der Waals surface area contributed by atoms with Crippen LogP contribution in [0.5, 0.6) is 11.5 Å². The molecule has 3 rings (SSSR count). The van der Waals surface area contributed by atoms with E-state index >= 15 is 0 Å². The highest BCUT2D eigenvalue weighted by Crippen LogP contribution is 2.20. The van der Waals surface area contributed by atoms with E-state index in [0.29, 0.717) is 35.7 Å². The molecule has 0 aromatic heterocycles. The zero-order chi connectivity index (χ0) is 34.7. The van der Waals surface area contributed by atoms with Gasteiger partial charge in [0.05, 0.1) is 24.3 Å². The minimum atomic E-state index is -3.28. The minimum Gasteiger partial charge on any atom is -0.463 e. The van der Waals surface area contributed by atoms with Gasteiger partial charge in [-0.05, 0) is 79.1 Å². The van der Waals surface area contributed by atoms with E-state index in [-0.39, 0.29) is 17.1 Å². The summed E-state index contributed by atoms with van der Waals surface area (Å²) >= 11 is 0. The first-order valence-corrected chi connectivity index (χ1v) is 15.8. The predicted octanol–water partition coefficient (Wildman–Crippen LogP) is 7.93.